The lowest BCUT2D eigenvalue weighted by Crippen LogP contribution is -2.15. The zero-order valence-electron chi connectivity index (χ0n) is 17.0. The summed E-state index contributed by atoms with van der Waals surface area (Å²) in [5.41, 5.74) is 1.19. The maximum Gasteiger partial charge on any atom is 0.161 e. The van der Waals surface area contributed by atoms with Crippen LogP contribution in [0.3, 0.4) is 0 Å². The van der Waals surface area contributed by atoms with E-state index in [2.05, 4.69) is 24.4 Å². The minimum absolute atomic E-state index is 0.363. The number of carbonyl (C=O) groups is 1. The van der Waals surface area contributed by atoms with E-state index in [1.165, 1.54) is 44.1 Å². The number of carbonyl (C=O) groups excluding carboxylic acids is 1. The Morgan fingerprint density at radius 2 is 1.81 bits per heavy atom. The molecular weight excluding hydrogens is 338 g/mol. The van der Waals surface area contributed by atoms with Gasteiger partial charge in [0.15, 0.2) is 11.5 Å². The van der Waals surface area contributed by atoms with Gasteiger partial charge in [-0.15, -0.1) is 0 Å². The lowest BCUT2D eigenvalue weighted by Gasteiger charge is -2.14. The van der Waals surface area contributed by atoms with Crippen LogP contribution in [-0.4, -0.2) is 25.5 Å². The van der Waals surface area contributed by atoms with Gasteiger partial charge in [-0.2, -0.15) is 0 Å². The van der Waals surface area contributed by atoms with Gasteiger partial charge in [0, 0.05) is 13.0 Å². The molecule has 0 unspecified atom stereocenters. The Kier molecular flexibility index (Phi) is 10.9. The van der Waals surface area contributed by atoms with Gasteiger partial charge in [0.25, 0.3) is 0 Å². The van der Waals surface area contributed by atoms with E-state index in [9.17, 15) is 4.79 Å². The van der Waals surface area contributed by atoms with Crippen molar-refractivity contribution in [3.8, 4) is 11.5 Å². The van der Waals surface area contributed by atoms with Crippen LogP contribution < -0.4 is 14.8 Å². The van der Waals surface area contributed by atoms with Crippen LogP contribution in [0.15, 0.2) is 18.2 Å². The second-order valence-corrected chi connectivity index (χ2v) is 7.55. The molecule has 0 bridgehead atoms. The molecular formula is C23H37NO3. The SMILES string of the molecule is CCCCCCCCCOc1ccc(CNCCCC=O)cc1OC1CC1. The predicted octanol–water partition coefficient (Wildman–Crippen LogP) is 5.43. The molecule has 0 saturated heterocycles. The van der Waals surface area contributed by atoms with Crippen LogP contribution in [-0.2, 0) is 11.3 Å². The zero-order chi connectivity index (χ0) is 19.2. The van der Waals surface area contributed by atoms with Crippen LogP contribution in [0.1, 0.15) is 83.1 Å². The van der Waals surface area contributed by atoms with Gasteiger partial charge in [-0.05, 0) is 49.9 Å². The average Bonchev–Trinajstić information content (AvgIpc) is 3.49. The van der Waals surface area contributed by atoms with Gasteiger partial charge in [0.05, 0.1) is 12.7 Å². The highest BCUT2D eigenvalue weighted by Gasteiger charge is 2.25. The summed E-state index contributed by atoms with van der Waals surface area (Å²) in [5, 5.41) is 3.38. The monoisotopic (exact) mass is 375 g/mol. The maximum atomic E-state index is 10.4. The van der Waals surface area contributed by atoms with Gasteiger partial charge in [-0.1, -0.05) is 51.5 Å². The van der Waals surface area contributed by atoms with Crippen molar-refractivity contribution in [2.45, 2.75) is 90.2 Å². The largest absolute Gasteiger partial charge is 0.490 e. The van der Waals surface area contributed by atoms with Crippen LogP contribution in [0, 0.1) is 0 Å². The van der Waals surface area contributed by atoms with E-state index in [0.717, 1.165) is 63.2 Å². The van der Waals surface area contributed by atoms with Crippen LogP contribution in [0.5, 0.6) is 11.5 Å². The third kappa shape index (κ3) is 9.81. The highest BCUT2D eigenvalue weighted by atomic mass is 16.5. The first-order chi connectivity index (χ1) is 13.3. The summed E-state index contributed by atoms with van der Waals surface area (Å²) in [6, 6.07) is 6.25. The maximum absolute atomic E-state index is 10.4. The van der Waals surface area contributed by atoms with Crippen molar-refractivity contribution < 1.29 is 14.3 Å². The molecule has 1 aromatic carbocycles. The van der Waals surface area contributed by atoms with Gasteiger partial charge >= 0.3 is 0 Å². The van der Waals surface area contributed by atoms with Crippen LogP contribution in [0.4, 0.5) is 0 Å². The summed E-state index contributed by atoms with van der Waals surface area (Å²) >= 11 is 0. The molecule has 0 radical (unpaired) electrons. The molecule has 4 nitrogen and oxygen atoms in total. The molecule has 0 aliphatic heterocycles. The predicted molar refractivity (Wildman–Crippen MR) is 111 cm³/mol. The molecule has 0 heterocycles. The number of nitrogens with one attached hydrogen (secondary N) is 1. The number of hydrogen-bond acceptors (Lipinski definition) is 4. The molecule has 1 aromatic rings. The molecule has 0 aromatic heterocycles. The minimum Gasteiger partial charge on any atom is -0.490 e. The van der Waals surface area contributed by atoms with E-state index in [-0.39, 0.29) is 0 Å². The van der Waals surface area contributed by atoms with Crippen molar-refractivity contribution in [3.63, 3.8) is 0 Å². The van der Waals surface area contributed by atoms with Crippen molar-refractivity contribution in [2.24, 2.45) is 0 Å². The second kappa shape index (κ2) is 13.6. The Hall–Kier alpha value is -1.55. The molecule has 1 aliphatic rings. The van der Waals surface area contributed by atoms with Crippen molar-refractivity contribution in [2.75, 3.05) is 13.2 Å². The molecule has 1 fully saturated rings. The number of rotatable bonds is 17. The summed E-state index contributed by atoms with van der Waals surface area (Å²) in [5.74, 6) is 1.75. The van der Waals surface area contributed by atoms with E-state index in [0.29, 0.717) is 12.5 Å². The van der Waals surface area contributed by atoms with Gasteiger partial charge in [0.1, 0.15) is 6.29 Å². The zero-order valence-corrected chi connectivity index (χ0v) is 17.0. The molecule has 1 aliphatic carbocycles. The number of hydrogen-bond donors (Lipinski definition) is 1. The standard InChI is InChI=1S/C23H37NO3/c1-2-3-4-5-6-7-10-17-26-22-14-11-20(19-24-15-8-9-16-25)18-23(22)27-21-12-13-21/h11,14,16,18,21,24H,2-10,12-13,15,17,19H2,1H3. The summed E-state index contributed by atoms with van der Waals surface area (Å²) < 4.78 is 12.1. The van der Waals surface area contributed by atoms with Gasteiger partial charge in [-0.25, -0.2) is 0 Å². The van der Waals surface area contributed by atoms with Crippen LogP contribution >= 0.6 is 0 Å². The second-order valence-electron chi connectivity index (χ2n) is 7.55. The molecule has 0 spiro atoms. The van der Waals surface area contributed by atoms with Gasteiger partial charge < -0.3 is 19.6 Å². The lowest BCUT2D eigenvalue weighted by atomic mass is 10.1. The fourth-order valence-corrected chi connectivity index (χ4v) is 3.02. The molecule has 1 N–H and O–H groups in total. The summed E-state index contributed by atoms with van der Waals surface area (Å²) in [4.78, 5) is 10.4. The lowest BCUT2D eigenvalue weighted by molar-refractivity contribution is -0.107. The number of aldehydes is 1. The number of benzene rings is 1. The van der Waals surface area contributed by atoms with E-state index >= 15 is 0 Å². The quantitative estimate of drug-likeness (QED) is 0.291. The third-order valence-corrected chi connectivity index (χ3v) is 4.84. The highest BCUT2D eigenvalue weighted by Crippen LogP contribution is 2.34. The Morgan fingerprint density at radius 1 is 1.04 bits per heavy atom. The van der Waals surface area contributed by atoms with Crippen LogP contribution in [0.25, 0.3) is 0 Å². The van der Waals surface area contributed by atoms with E-state index in [4.69, 9.17) is 9.47 Å². The van der Waals surface area contributed by atoms with E-state index < -0.39 is 0 Å². The number of unbranched alkanes of at least 4 members (excludes halogenated alkanes) is 7. The third-order valence-electron chi connectivity index (χ3n) is 4.84. The molecule has 152 valence electrons. The van der Waals surface area contributed by atoms with Gasteiger partial charge in [0.2, 0.25) is 0 Å². The highest BCUT2D eigenvalue weighted by molar-refractivity contribution is 5.49. The Bertz CT molecular complexity index is 528. The van der Waals surface area contributed by atoms with Crippen molar-refractivity contribution in [1.82, 2.24) is 5.32 Å². The van der Waals surface area contributed by atoms with Gasteiger partial charge in [-0.3, -0.25) is 0 Å². The van der Waals surface area contributed by atoms with Crippen molar-refractivity contribution in [1.29, 1.82) is 0 Å². The van der Waals surface area contributed by atoms with Crippen molar-refractivity contribution >= 4 is 6.29 Å². The minimum atomic E-state index is 0.363. The molecule has 27 heavy (non-hydrogen) atoms. The normalized spacial score (nSPS) is 13.5. The van der Waals surface area contributed by atoms with E-state index in [1.54, 1.807) is 0 Å². The van der Waals surface area contributed by atoms with Crippen LogP contribution in [0.2, 0.25) is 0 Å². The topological polar surface area (TPSA) is 47.6 Å². The first kappa shape index (κ1) is 21.7. The van der Waals surface area contributed by atoms with E-state index in [1.807, 2.05) is 6.07 Å². The molecule has 2 rings (SSSR count). The molecule has 1 saturated carbocycles. The Balaban J connectivity index is 1.72. The molecule has 0 amide bonds. The summed E-state index contributed by atoms with van der Waals surface area (Å²) in [6.45, 7) is 4.66. The van der Waals surface area contributed by atoms with Crippen molar-refractivity contribution in [3.05, 3.63) is 23.8 Å². The first-order valence-corrected chi connectivity index (χ1v) is 10.9. The number of ether oxygens (including phenoxy) is 2. The fraction of sp³-hybridized carbons (Fsp3) is 0.696. The Labute approximate surface area is 165 Å². The fourth-order valence-electron chi connectivity index (χ4n) is 3.02. The first-order valence-electron chi connectivity index (χ1n) is 10.9. The molecule has 4 heteroatoms. The summed E-state index contributed by atoms with van der Waals surface area (Å²) in [7, 11) is 0. The smallest absolute Gasteiger partial charge is 0.161 e. The summed E-state index contributed by atoms with van der Waals surface area (Å²) in [6.07, 6.45) is 14.2. The average molecular weight is 376 g/mol. The molecule has 0 atom stereocenters. The Morgan fingerprint density at radius 3 is 2.56 bits per heavy atom.